The van der Waals surface area contributed by atoms with E-state index in [2.05, 4.69) is 0 Å². The van der Waals surface area contributed by atoms with Crippen LogP contribution in [0.4, 0.5) is 0 Å². The number of rotatable bonds is 2. The van der Waals surface area contributed by atoms with E-state index in [4.69, 9.17) is 10.5 Å². The molecule has 1 aromatic carbocycles. The third-order valence-corrected chi connectivity index (χ3v) is 2.59. The molecule has 15 heavy (non-hydrogen) atoms. The molecule has 0 radical (unpaired) electrons. The van der Waals surface area contributed by atoms with Gasteiger partial charge in [0.05, 0.1) is 6.61 Å². The first-order valence-corrected chi connectivity index (χ1v) is 4.83. The van der Waals surface area contributed by atoms with Crippen LogP contribution in [0.5, 0.6) is 0 Å². The quantitative estimate of drug-likeness (QED) is 0.737. The van der Waals surface area contributed by atoms with E-state index >= 15 is 0 Å². The second-order valence-corrected chi connectivity index (χ2v) is 3.60. The van der Waals surface area contributed by atoms with Crippen LogP contribution in [0.1, 0.15) is 15.9 Å². The molecule has 0 unspecified atom stereocenters. The van der Waals surface area contributed by atoms with Crippen LogP contribution in [0.2, 0.25) is 0 Å². The predicted molar refractivity (Wildman–Crippen MR) is 57.6 cm³/mol. The normalized spacial score (nSPS) is 17.8. The lowest BCUT2D eigenvalue weighted by Gasteiger charge is -2.02. The molecular formula is C12H13NO2. The van der Waals surface area contributed by atoms with Crippen LogP contribution in [0, 0.1) is 0 Å². The molecule has 1 aromatic rings. The van der Waals surface area contributed by atoms with Crippen molar-refractivity contribution in [2.45, 2.75) is 6.42 Å². The Labute approximate surface area is 88.5 Å². The van der Waals surface area contributed by atoms with Gasteiger partial charge in [-0.1, -0.05) is 24.3 Å². The van der Waals surface area contributed by atoms with Crippen LogP contribution in [-0.2, 0) is 11.2 Å². The molecule has 0 fully saturated rings. The molecule has 0 atom stereocenters. The van der Waals surface area contributed by atoms with Crippen LogP contribution in [-0.4, -0.2) is 19.5 Å². The van der Waals surface area contributed by atoms with Gasteiger partial charge >= 0.3 is 0 Å². The highest BCUT2D eigenvalue weighted by atomic mass is 16.5. The number of hydrogen-bond donors (Lipinski definition) is 1. The van der Waals surface area contributed by atoms with Crippen molar-refractivity contribution in [3.05, 3.63) is 46.7 Å². The summed E-state index contributed by atoms with van der Waals surface area (Å²) < 4.78 is 4.93. The monoisotopic (exact) mass is 203 g/mol. The molecule has 0 heterocycles. The van der Waals surface area contributed by atoms with Gasteiger partial charge in [0.25, 0.3) is 0 Å². The highest BCUT2D eigenvalue weighted by Gasteiger charge is 2.26. The standard InChI is InChI=1S/C12H13NO2/c1-15-7-11(13)10-6-8-4-2-3-5-9(8)12(10)14/h2-5H,6-7,13H2,1H3/b11-10+. The fourth-order valence-corrected chi connectivity index (χ4v) is 1.83. The zero-order chi connectivity index (χ0) is 10.8. The SMILES string of the molecule is COC/C(N)=C1/Cc2ccccc2C1=O. The number of carbonyl (C=O) groups excluding carboxylic acids is 1. The second kappa shape index (κ2) is 3.87. The molecule has 78 valence electrons. The molecule has 0 saturated heterocycles. The Balaban J connectivity index is 2.39. The summed E-state index contributed by atoms with van der Waals surface area (Å²) in [5.41, 5.74) is 8.83. The maximum Gasteiger partial charge on any atom is 0.191 e. The summed E-state index contributed by atoms with van der Waals surface area (Å²) in [6.45, 7) is 0.315. The molecule has 0 saturated carbocycles. The van der Waals surface area contributed by atoms with Crippen molar-refractivity contribution in [1.29, 1.82) is 0 Å². The Hall–Kier alpha value is -1.61. The second-order valence-electron chi connectivity index (χ2n) is 3.60. The van der Waals surface area contributed by atoms with Gasteiger partial charge in [-0.3, -0.25) is 4.79 Å². The highest BCUT2D eigenvalue weighted by molar-refractivity contribution is 6.13. The zero-order valence-electron chi connectivity index (χ0n) is 8.62. The number of ketones is 1. The zero-order valence-corrected chi connectivity index (χ0v) is 8.62. The number of carbonyl (C=O) groups is 1. The molecule has 0 amide bonds. The van der Waals surface area contributed by atoms with Crippen molar-refractivity contribution in [1.82, 2.24) is 0 Å². The van der Waals surface area contributed by atoms with E-state index in [1.165, 1.54) is 0 Å². The van der Waals surface area contributed by atoms with Crippen molar-refractivity contribution in [2.75, 3.05) is 13.7 Å². The lowest BCUT2D eigenvalue weighted by Crippen LogP contribution is -2.12. The summed E-state index contributed by atoms with van der Waals surface area (Å²) >= 11 is 0. The molecule has 1 aliphatic carbocycles. The van der Waals surface area contributed by atoms with E-state index in [0.717, 1.165) is 11.1 Å². The first-order valence-electron chi connectivity index (χ1n) is 4.83. The maximum atomic E-state index is 11.9. The molecule has 2 N–H and O–H groups in total. The molecular weight excluding hydrogens is 190 g/mol. The molecule has 0 bridgehead atoms. The van der Waals surface area contributed by atoms with Crippen molar-refractivity contribution in [3.8, 4) is 0 Å². The van der Waals surface area contributed by atoms with Gasteiger partial charge in [-0.25, -0.2) is 0 Å². The number of Topliss-reactive ketones (excluding diaryl/α,β-unsaturated/α-hetero) is 1. The van der Waals surface area contributed by atoms with Gasteiger partial charge in [-0.15, -0.1) is 0 Å². The van der Waals surface area contributed by atoms with E-state index < -0.39 is 0 Å². The topological polar surface area (TPSA) is 52.3 Å². The predicted octanol–water partition coefficient (Wildman–Crippen LogP) is 1.28. The molecule has 1 aliphatic rings. The van der Waals surface area contributed by atoms with Crippen molar-refractivity contribution in [3.63, 3.8) is 0 Å². The van der Waals surface area contributed by atoms with Gasteiger partial charge in [0, 0.05) is 30.4 Å². The Kier molecular flexibility index (Phi) is 2.56. The van der Waals surface area contributed by atoms with E-state index in [9.17, 15) is 4.79 Å². The largest absolute Gasteiger partial charge is 0.400 e. The minimum atomic E-state index is 0.0418. The number of ether oxygens (including phenoxy) is 1. The third kappa shape index (κ3) is 1.66. The molecule has 2 rings (SSSR count). The van der Waals surface area contributed by atoms with Crippen molar-refractivity contribution < 1.29 is 9.53 Å². The Morgan fingerprint density at radius 3 is 2.87 bits per heavy atom. The lowest BCUT2D eigenvalue weighted by atomic mass is 10.1. The summed E-state index contributed by atoms with van der Waals surface area (Å²) in [4.78, 5) is 11.9. The Bertz CT molecular complexity index is 435. The van der Waals surface area contributed by atoms with E-state index in [0.29, 0.717) is 24.3 Å². The van der Waals surface area contributed by atoms with Gasteiger partial charge in [0.15, 0.2) is 5.78 Å². The van der Waals surface area contributed by atoms with Gasteiger partial charge in [0.2, 0.25) is 0 Å². The minimum absolute atomic E-state index is 0.0418. The summed E-state index contributed by atoms with van der Waals surface area (Å²) in [6.07, 6.45) is 0.629. The van der Waals surface area contributed by atoms with Crippen LogP contribution < -0.4 is 5.73 Å². The van der Waals surface area contributed by atoms with E-state index in [1.54, 1.807) is 7.11 Å². The van der Waals surface area contributed by atoms with Gasteiger partial charge < -0.3 is 10.5 Å². The number of hydrogen-bond acceptors (Lipinski definition) is 3. The van der Waals surface area contributed by atoms with Crippen LogP contribution in [0.15, 0.2) is 35.5 Å². The minimum Gasteiger partial charge on any atom is -0.400 e. The summed E-state index contributed by atoms with van der Waals surface area (Å²) in [7, 11) is 1.57. The Morgan fingerprint density at radius 1 is 1.47 bits per heavy atom. The van der Waals surface area contributed by atoms with Gasteiger partial charge in [-0.05, 0) is 5.56 Å². The van der Waals surface area contributed by atoms with Crippen LogP contribution in [0.25, 0.3) is 0 Å². The first kappa shape index (κ1) is 9.93. The molecule has 0 aliphatic heterocycles. The average Bonchev–Trinajstić information content (AvgIpc) is 2.57. The molecule has 0 spiro atoms. The van der Waals surface area contributed by atoms with Crippen LogP contribution in [0.3, 0.4) is 0 Å². The van der Waals surface area contributed by atoms with Gasteiger partial charge in [-0.2, -0.15) is 0 Å². The lowest BCUT2D eigenvalue weighted by molar-refractivity contribution is 0.103. The number of nitrogens with two attached hydrogens (primary N) is 1. The highest BCUT2D eigenvalue weighted by Crippen LogP contribution is 2.26. The average molecular weight is 203 g/mol. The molecule has 0 aromatic heterocycles. The molecule has 3 nitrogen and oxygen atoms in total. The Morgan fingerprint density at radius 2 is 2.20 bits per heavy atom. The maximum absolute atomic E-state index is 11.9. The van der Waals surface area contributed by atoms with E-state index in [1.807, 2.05) is 24.3 Å². The van der Waals surface area contributed by atoms with Gasteiger partial charge in [0.1, 0.15) is 0 Å². The number of benzene rings is 1. The summed E-state index contributed by atoms with van der Waals surface area (Å²) in [6, 6.07) is 7.60. The van der Waals surface area contributed by atoms with E-state index in [-0.39, 0.29) is 5.78 Å². The smallest absolute Gasteiger partial charge is 0.191 e. The van der Waals surface area contributed by atoms with Crippen molar-refractivity contribution >= 4 is 5.78 Å². The van der Waals surface area contributed by atoms with Crippen LogP contribution >= 0.6 is 0 Å². The first-order chi connectivity index (χ1) is 7.24. The number of fused-ring (bicyclic) bond motifs is 1. The third-order valence-electron chi connectivity index (χ3n) is 2.59. The van der Waals surface area contributed by atoms with Crippen molar-refractivity contribution in [2.24, 2.45) is 5.73 Å². The molecule has 3 heteroatoms. The fraction of sp³-hybridized carbons (Fsp3) is 0.250. The summed E-state index contributed by atoms with van der Waals surface area (Å²) in [5.74, 6) is 0.0418. The number of allylic oxidation sites excluding steroid dienone is 1. The number of methoxy groups -OCH3 is 1. The fourth-order valence-electron chi connectivity index (χ4n) is 1.83. The summed E-state index contributed by atoms with van der Waals surface area (Å²) in [5, 5.41) is 0.